The minimum absolute atomic E-state index is 0.0321. The van der Waals surface area contributed by atoms with Crippen molar-refractivity contribution in [3.05, 3.63) is 68.8 Å². The van der Waals surface area contributed by atoms with Crippen molar-refractivity contribution in [2.45, 2.75) is 13.1 Å². The first kappa shape index (κ1) is 16.0. The normalized spacial score (nSPS) is 10.7. The first-order valence-electron chi connectivity index (χ1n) is 6.95. The molecule has 0 saturated carbocycles. The van der Waals surface area contributed by atoms with Crippen LogP contribution >= 0.6 is 22.6 Å². The van der Waals surface area contributed by atoms with Crippen molar-refractivity contribution in [3.63, 3.8) is 0 Å². The molecule has 0 atom stereocenters. The molecule has 2 aromatic carbocycles. The number of benzene rings is 2. The molecule has 110 valence electrons. The van der Waals surface area contributed by atoms with Crippen molar-refractivity contribution in [1.29, 1.82) is 0 Å². The third-order valence-electron chi connectivity index (χ3n) is 3.12. The highest BCUT2D eigenvalue weighted by atomic mass is 127. The van der Waals surface area contributed by atoms with E-state index in [0.717, 1.165) is 15.7 Å². The SMILES string of the molecule is C[NH+](C)Cc1ccc(CNC(=O)c2cccc(I)c2)cc1. The van der Waals surface area contributed by atoms with E-state index in [1.54, 1.807) is 0 Å². The lowest BCUT2D eigenvalue weighted by atomic mass is 10.1. The van der Waals surface area contributed by atoms with Gasteiger partial charge in [-0.3, -0.25) is 4.79 Å². The van der Waals surface area contributed by atoms with Crippen molar-refractivity contribution in [1.82, 2.24) is 5.32 Å². The number of amides is 1. The summed E-state index contributed by atoms with van der Waals surface area (Å²) in [7, 11) is 4.27. The van der Waals surface area contributed by atoms with Crippen LogP contribution in [0, 0.1) is 3.57 Å². The van der Waals surface area contributed by atoms with Crippen LogP contribution in [-0.4, -0.2) is 20.0 Å². The van der Waals surface area contributed by atoms with Crippen molar-refractivity contribution >= 4 is 28.5 Å². The van der Waals surface area contributed by atoms with Crippen LogP contribution in [0.4, 0.5) is 0 Å². The molecule has 21 heavy (non-hydrogen) atoms. The number of nitrogens with one attached hydrogen (secondary N) is 2. The van der Waals surface area contributed by atoms with Crippen LogP contribution in [0.15, 0.2) is 48.5 Å². The zero-order valence-corrected chi connectivity index (χ0v) is 14.5. The molecule has 0 aliphatic rings. The third kappa shape index (κ3) is 5.13. The molecule has 4 heteroatoms. The summed E-state index contributed by atoms with van der Waals surface area (Å²) in [5.74, 6) is -0.0321. The van der Waals surface area contributed by atoms with E-state index in [2.05, 4.69) is 66.3 Å². The molecular formula is C17H20IN2O+. The maximum Gasteiger partial charge on any atom is 0.251 e. The predicted octanol–water partition coefficient (Wildman–Crippen LogP) is 1.87. The van der Waals surface area contributed by atoms with Gasteiger partial charge < -0.3 is 10.2 Å². The second-order valence-electron chi connectivity index (χ2n) is 5.39. The topological polar surface area (TPSA) is 33.5 Å². The first-order valence-corrected chi connectivity index (χ1v) is 8.03. The molecule has 0 radical (unpaired) electrons. The average molecular weight is 395 g/mol. The molecule has 0 unspecified atom stereocenters. The van der Waals surface area contributed by atoms with Crippen molar-refractivity contribution in [2.75, 3.05) is 14.1 Å². The van der Waals surface area contributed by atoms with Gasteiger partial charge in [-0.15, -0.1) is 0 Å². The number of carbonyl (C=O) groups is 1. The van der Waals surface area contributed by atoms with E-state index >= 15 is 0 Å². The molecule has 1 amide bonds. The van der Waals surface area contributed by atoms with E-state index in [-0.39, 0.29) is 5.91 Å². The molecule has 0 fully saturated rings. The van der Waals surface area contributed by atoms with Gasteiger partial charge in [0.15, 0.2) is 0 Å². The quantitative estimate of drug-likeness (QED) is 0.745. The Morgan fingerprint density at radius 2 is 1.76 bits per heavy atom. The van der Waals surface area contributed by atoms with Gasteiger partial charge in [-0.05, 0) is 46.4 Å². The Bertz CT molecular complexity index is 608. The predicted molar refractivity (Wildman–Crippen MR) is 93.3 cm³/mol. The Labute approximate surface area is 139 Å². The van der Waals surface area contributed by atoms with Gasteiger partial charge >= 0.3 is 0 Å². The summed E-state index contributed by atoms with van der Waals surface area (Å²) in [5, 5.41) is 2.96. The van der Waals surface area contributed by atoms with Crippen LogP contribution in [0.25, 0.3) is 0 Å². The minimum Gasteiger partial charge on any atom is -0.348 e. The van der Waals surface area contributed by atoms with E-state index in [4.69, 9.17) is 0 Å². The van der Waals surface area contributed by atoms with Gasteiger partial charge in [-0.1, -0.05) is 30.3 Å². The maximum atomic E-state index is 12.1. The zero-order valence-electron chi connectivity index (χ0n) is 12.3. The van der Waals surface area contributed by atoms with Gasteiger partial charge in [-0.25, -0.2) is 0 Å². The summed E-state index contributed by atoms with van der Waals surface area (Å²) in [6.45, 7) is 1.56. The van der Waals surface area contributed by atoms with Gasteiger partial charge in [-0.2, -0.15) is 0 Å². The lowest BCUT2D eigenvalue weighted by Crippen LogP contribution is -3.04. The Kier molecular flexibility index (Phi) is 5.76. The largest absolute Gasteiger partial charge is 0.348 e. The number of carbonyl (C=O) groups excluding carboxylic acids is 1. The third-order valence-corrected chi connectivity index (χ3v) is 3.79. The monoisotopic (exact) mass is 395 g/mol. The fraction of sp³-hybridized carbons (Fsp3) is 0.235. The van der Waals surface area contributed by atoms with Crippen molar-refractivity contribution in [3.8, 4) is 0 Å². The molecule has 2 rings (SSSR count). The van der Waals surface area contributed by atoms with Crippen LogP contribution in [0.2, 0.25) is 0 Å². The summed E-state index contributed by atoms with van der Waals surface area (Å²) < 4.78 is 1.07. The Morgan fingerprint density at radius 1 is 1.10 bits per heavy atom. The van der Waals surface area contributed by atoms with E-state index < -0.39 is 0 Å². The second kappa shape index (κ2) is 7.56. The molecule has 0 aliphatic heterocycles. The highest BCUT2D eigenvalue weighted by Gasteiger charge is 2.05. The number of hydrogen-bond donors (Lipinski definition) is 2. The van der Waals surface area contributed by atoms with Crippen LogP contribution in [0.3, 0.4) is 0 Å². The second-order valence-corrected chi connectivity index (χ2v) is 6.64. The summed E-state index contributed by atoms with van der Waals surface area (Å²) in [5.41, 5.74) is 3.13. The molecule has 0 bridgehead atoms. The molecular weight excluding hydrogens is 375 g/mol. The highest BCUT2D eigenvalue weighted by molar-refractivity contribution is 14.1. The smallest absolute Gasteiger partial charge is 0.251 e. The Hall–Kier alpha value is -1.40. The molecule has 3 nitrogen and oxygen atoms in total. The Morgan fingerprint density at radius 3 is 2.38 bits per heavy atom. The van der Waals surface area contributed by atoms with E-state index in [1.807, 2.05) is 24.3 Å². The summed E-state index contributed by atoms with van der Waals surface area (Å²) in [6, 6.07) is 16.0. The summed E-state index contributed by atoms with van der Waals surface area (Å²) in [4.78, 5) is 13.5. The highest BCUT2D eigenvalue weighted by Crippen LogP contribution is 2.08. The Balaban J connectivity index is 1.92. The number of quaternary nitrogens is 1. The average Bonchev–Trinajstić information content (AvgIpc) is 2.45. The standard InChI is InChI=1S/C17H19IN2O/c1-20(2)12-14-8-6-13(7-9-14)11-19-17(21)15-4-3-5-16(18)10-15/h3-10H,11-12H2,1-2H3,(H,19,21)/p+1. The molecule has 2 aromatic rings. The zero-order chi connectivity index (χ0) is 15.2. The van der Waals surface area contributed by atoms with Gasteiger partial charge in [0.25, 0.3) is 5.91 Å². The van der Waals surface area contributed by atoms with Gasteiger partial charge in [0, 0.05) is 21.2 Å². The lowest BCUT2D eigenvalue weighted by molar-refractivity contribution is -0.872. The van der Waals surface area contributed by atoms with Crippen LogP contribution < -0.4 is 10.2 Å². The van der Waals surface area contributed by atoms with Gasteiger partial charge in [0.05, 0.1) is 14.1 Å². The van der Waals surface area contributed by atoms with E-state index in [0.29, 0.717) is 12.1 Å². The number of hydrogen-bond acceptors (Lipinski definition) is 1. The maximum absolute atomic E-state index is 12.1. The van der Waals surface area contributed by atoms with Crippen LogP contribution in [0.5, 0.6) is 0 Å². The van der Waals surface area contributed by atoms with E-state index in [1.165, 1.54) is 10.5 Å². The first-order chi connectivity index (χ1) is 10.0. The molecule has 2 N–H and O–H groups in total. The lowest BCUT2D eigenvalue weighted by Gasteiger charge is -2.09. The van der Waals surface area contributed by atoms with Gasteiger partial charge in [0.1, 0.15) is 6.54 Å². The minimum atomic E-state index is -0.0321. The molecule has 0 heterocycles. The number of halogens is 1. The van der Waals surface area contributed by atoms with Crippen LogP contribution in [-0.2, 0) is 13.1 Å². The fourth-order valence-corrected chi connectivity index (χ4v) is 2.64. The van der Waals surface area contributed by atoms with Crippen molar-refractivity contribution in [2.24, 2.45) is 0 Å². The summed E-state index contributed by atoms with van der Waals surface area (Å²) in [6.07, 6.45) is 0. The van der Waals surface area contributed by atoms with Gasteiger partial charge in [0.2, 0.25) is 0 Å². The molecule has 0 aliphatic carbocycles. The van der Waals surface area contributed by atoms with Crippen LogP contribution in [0.1, 0.15) is 21.5 Å². The molecule has 0 aromatic heterocycles. The molecule has 0 saturated heterocycles. The molecule has 0 spiro atoms. The summed E-state index contributed by atoms with van der Waals surface area (Å²) >= 11 is 2.21. The number of rotatable bonds is 5. The van der Waals surface area contributed by atoms with Crippen molar-refractivity contribution < 1.29 is 9.69 Å². The van der Waals surface area contributed by atoms with E-state index in [9.17, 15) is 4.79 Å². The fourth-order valence-electron chi connectivity index (χ4n) is 2.10.